The second-order valence-corrected chi connectivity index (χ2v) is 3.26. The van der Waals surface area contributed by atoms with Gasteiger partial charge in [-0.05, 0) is 31.2 Å². The van der Waals surface area contributed by atoms with Crippen molar-refractivity contribution in [1.29, 1.82) is 0 Å². The van der Waals surface area contributed by atoms with Gasteiger partial charge >= 0.3 is 0 Å². The Morgan fingerprint density at radius 2 is 2.07 bits per heavy atom. The van der Waals surface area contributed by atoms with Crippen molar-refractivity contribution >= 4 is 11.0 Å². The molecule has 0 aliphatic heterocycles. The lowest BCUT2D eigenvalue weighted by molar-refractivity contribution is 0.832. The maximum absolute atomic E-state index is 5.42. The van der Waals surface area contributed by atoms with Crippen LogP contribution in [0.25, 0.3) is 11.0 Å². The van der Waals surface area contributed by atoms with Crippen molar-refractivity contribution in [2.45, 2.75) is 13.3 Å². The van der Waals surface area contributed by atoms with Crippen molar-refractivity contribution in [3.63, 3.8) is 0 Å². The van der Waals surface area contributed by atoms with Gasteiger partial charge in [-0.1, -0.05) is 6.07 Å². The maximum Gasteiger partial charge on any atom is 0.152 e. The predicted octanol–water partition coefficient (Wildman–Crippen LogP) is 0.834. The molecule has 72 valence electrons. The monoisotopic (exact) mass is 188 g/mol. The van der Waals surface area contributed by atoms with Crippen molar-refractivity contribution in [3.8, 4) is 0 Å². The molecule has 4 heteroatoms. The number of rotatable bonds is 2. The van der Waals surface area contributed by atoms with Crippen LogP contribution in [0.3, 0.4) is 0 Å². The predicted molar refractivity (Wildman–Crippen MR) is 54.8 cm³/mol. The van der Waals surface area contributed by atoms with E-state index < -0.39 is 0 Å². The zero-order valence-electron chi connectivity index (χ0n) is 8.07. The number of benzene rings is 1. The third-order valence-corrected chi connectivity index (χ3v) is 2.02. The van der Waals surface area contributed by atoms with E-state index in [-0.39, 0.29) is 0 Å². The standard InChI is InChI=1S/C10H12N4/c1-7-2-3-8-9(6-7)13-14-10(12-8)4-5-11/h2-3,6H,4-5,11H2,1H3. The molecule has 1 heterocycles. The van der Waals surface area contributed by atoms with Crippen molar-refractivity contribution in [2.75, 3.05) is 6.54 Å². The molecule has 0 saturated heterocycles. The highest BCUT2D eigenvalue weighted by molar-refractivity contribution is 5.74. The third kappa shape index (κ3) is 1.70. The van der Waals surface area contributed by atoms with Crippen LogP contribution in [0.4, 0.5) is 0 Å². The fourth-order valence-corrected chi connectivity index (χ4v) is 1.32. The summed E-state index contributed by atoms with van der Waals surface area (Å²) < 4.78 is 0. The first-order valence-corrected chi connectivity index (χ1v) is 4.59. The number of nitrogens with zero attached hydrogens (tertiary/aromatic N) is 3. The smallest absolute Gasteiger partial charge is 0.152 e. The number of hydrogen-bond donors (Lipinski definition) is 1. The van der Waals surface area contributed by atoms with Gasteiger partial charge in [0.25, 0.3) is 0 Å². The lowest BCUT2D eigenvalue weighted by atomic mass is 10.2. The highest BCUT2D eigenvalue weighted by atomic mass is 15.1. The molecule has 0 bridgehead atoms. The molecule has 0 spiro atoms. The van der Waals surface area contributed by atoms with Gasteiger partial charge in [-0.2, -0.15) is 0 Å². The van der Waals surface area contributed by atoms with E-state index in [1.807, 2.05) is 25.1 Å². The fraction of sp³-hybridized carbons (Fsp3) is 0.300. The van der Waals surface area contributed by atoms with Gasteiger partial charge in [0.2, 0.25) is 0 Å². The summed E-state index contributed by atoms with van der Waals surface area (Å²) in [5.41, 5.74) is 8.31. The van der Waals surface area contributed by atoms with Gasteiger partial charge < -0.3 is 5.73 Å². The van der Waals surface area contributed by atoms with E-state index in [0.29, 0.717) is 18.8 Å². The number of nitrogens with two attached hydrogens (primary N) is 1. The van der Waals surface area contributed by atoms with Crippen molar-refractivity contribution in [3.05, 3.63) is 29.6 Å². The summed E-state index contributed by atoms with van der Waals surface area (Å²) in [7, 11) is 0. The molecule has 1 aromatic heterocycles. The van der Waals surface area contributed by atoms with E-state index in [9.17, 15) is 0 Å². The second-order valence-electron chi connectivity index (χ2n) is 3.26. The van der Waals surface area contributed by atoms with Gasteiger partial charge in [0.1, 0.15) is 5.52 Å². The Morgan fingerprint density at radius 1 is 1.21 bits per heavy atom. The molecule has 0 saturated carbocycles. The van der Waals surface area contributed by atoms with Crippen LogP contribution in [0.5, 0.6) is 0 Å². The first-order valence-electron chi connectivity index (χ1n) is 4.59. The lowest BCUT2D eigenvalue weighted by Gasteiger charge is -1.99. The van der Waals surface area contributed by atoms with E-state index in [0.717, 1.165) is 11.0 Å². The molecule has 2 aromatic rings. The van der Waals surface area contributed by atoms with E-state index in [4.69, 9.17) is 5.73 Å². The molecule has 2 rings (SSSR count). The minimum Gasteiger partial charge on any atom is -0.330 e. The molecule has 1 aromatic carbocycles. The molecule has 0 aliphatic rings. The van der Waals surface area contributed by atoms with Crippen LogP contribution in [0.2, 0.25) is 0 Å². The Bertz CT molecular complexity index is 453. The van der Waals surface area contributed by atoms with Gasteiger partial charge in [0, 0.05) is 6.42 Å². The summed E-state index contributed by atoms with van der Waals surface area (Å²) in [6.45, 7) is 2.58. The molecular formula is C10H12N4. The van der Waals surface area contributed by atoms with Crippen LogP contribution in [0, 0.1) is 6.92 Å². The number of hydrogen-bond acceptors (Lipinski definition) is 4. The number of fused-ring (bicyclic) bond motifs is 1. The summed E-state index contributed by atoms with van der Waals surface area (Å²) >= 11 is 0. The summed E-state index contributed by atoms with van der Waals surface area (Å²) in [5.74, 6) is 0.712. The van der Waals surface area contributed by atoms with E-state index in [2.05, 4.69) is 15.2 Å². The summed E-state index contributed by atoms with van der Waals surface area (Å²) in [6, 6.07) is 5.95. The zero-order valence-corrected chi connectivity index (χ0v) is 8.07. The Balaban J connectivity index is 2.50. The first kappa shape index (κ1) is 9.02. The third-order valence-electron chi connectivity index (χ3n) is 2.02. The van der Waals surface area contributed by atoms with Crippen LogP contribution in [0.1, 0.15) is 11.4 Å². The van der Waals surface area contributed by atoms with Gasteiger partial charge in [0.15, 0.2) is 5.82 Å². The largest absolute Gasteiger partial charge is 0.330 e. The summed E-state index contributed by atoms with van der Waals surface area (Å²) in [6.07, 6.45) is 0.677. The Hall–Kier alpha value is -1.55. The van der Waals surface area contributed by atoms with E-state index in [1.54, 1.807) is 0 Å². The molecule has 14 heavy (non-hydrogen) atoms. The highest BCUT2D eigenvalue weighted by Gasteiger charge is 2.00. The summed E-state index contributed by atoms with van der Waals surface area (Å²) in [4.78, 5) is 4.35. The number of aromatic nitrogens is 3. The van der Waals surface area contributed by atoms with Crippen LogP contribution in [-0.4, -0.2) is 21.7 Å². The van der Waals surface area contributed by atoms with E-state index >= 15 is 0 Å². The molecule has 0 amide bonds. The van der Waals surface area contributed by atoms with Crippen LogP contribution in [-0.2, 0) is 6.42 Å². The van der Waals surface area contributed by atoms with Gasteiger partial charge in [-0.25, -0.2) is 4.98 Å². The van der Waals surface area contributed by atoms with Crippen molar-refractivity contribution in [1.82, 2.24) is 15.2 Å². The molecule has 0 fully saturated rings. The van der Waals surface area contributed by atoms with Crippen LogP contribution >= 0.6 is 0 Å². The molecule has 0 aliphatic carbocycles. The normalized spacial score (nSPS) is 10.7. The molecule has 0 unspecified atom stereocenters. The van der Waals surface area contributed by atoms with Gasteiger partial charge in [0.05, 0.1) is 5.52 Å². The van der Waals surface area contributed by atoms with Gasteiger partial charge in [-0.15, -0.1) is 10.2 Å². The lowest BCUT2D eigenvalue weighted by Crippen LogP contribution is -2.07. The average molecular weight is 188 g/mol. The second kappa shape index (κ2) is 3.67. The van der Waals surface area contributed by atoms with Crippen LogP contribution < -0.4 is 5.73 Å². The molecule has 2 N–H and O–H groups in total. The number of aryl methyl sites for hydroxylation is 1. The highest BCUT2D eigenvalue weighted by Crippen LogP contribution is 2.10. The van der Waals surface area contributed by atoms with Crippen molar-refractivity contribution in [2.24, 2.45) is 5.73 Å². The Labute approximate surface area is 82.2 Å². The zero-order chi connectivity index (χ0) is 9.97. The minimum atomic E-state index is 0.555. The fourth-order valence-electron chi connectivity index (χ4n) is 1.32. The first-order chi connectivity index (χ1) is 6.79. The Morgan fingerprint density at radius 3 is 2.86 bits per heavy atom. The average Bonchev–Trinajstić information content (AvgIpc) is 2.19. The SMILES string of the molecule is Cc1ccc2nc(CCN)nnc2c1. The quantitative estimate of drug-likeness (QED) is 0.758. The van der Waals surface area contributed by atoms with Gasteiger partial charge in [-0.3, -0.25) is 0 Å². The van der Waals surface area contributed by atoms with Crippen molar-refractivity contribution < 1.29 is 0 Å². The maximum atomic E-state index is 5.42. The molecular weight excluding hydrogens is 176 g/mol. The molecule has 0 radical (unpaired) electrons. The molecule has 4 nitrogen and oxygen atoms in total. The topological polar surface area (TPSA) is 64.7 Å². The summed E-state index contributed by atoms with van der Waals surface area (Å²) in [5, 5.41) is 8.09. The Kier molecular flexibility index (Phi) is 2.37. The van der Waals surface area contributed by atoms with Crippen LogP contribution in [0.15, 0.2) is 18.2 Å². The molecule has 0 atom stereocenters. The van der Waals surface area contributed by atoms with E-state index in [1.165, 1.54) is 5.56 Å². The minimum absolute atomic E-state index is 0.555.